The molecule has 0 spiro atoms. The van der Waals surface area contributed by atoms with E-state index in [2.05, 4.69) is 0 Å². The molecule has 1 saturated carbocycles. The van der Waals surface area contributed by atoms with Gasteiger partial charge in [-0.3, -0.25) is 4.79 Å². The van der Waals surface area contributed by atoms with Crippen LogP contribution in [-0.2, 0) is 6.54 Å². The number of hydrogen-bond donors (Lipinski definition) is 0. The van der Waals surface area contributed by atoms with Crippen molar-refractivity contribution >= 4 is 17.2 Å². The smallest absolute Gasteiger partial charge is 0.264 e. The number of rotatable bonds is 5. The van der Waals surface area contributed by atoms with Gasteiger partial charge in [-0.25, -0.2) is 0 Å². The molecule has 1 amide bonds. The Morgan fingerprint density at radius 3 is 2.52 bits per heavy atom. The van der Waals surface area contributed by atoms with Crippen LogP contribution in [0.25, 0.3) is 0 Å². The predicted molar refractivity (Wildman–Crippen MR) is 84.9 cm³/mol. The summed E-state index contributed by atoms with van der Waals surface area (Å²) in [6.45, 7) is 2.67. The molecule has 1 aliphatic rings. The summed E-state index contributed by atoms with van der Waals surface area (Å²) >= 11 is 1.54. The lowest BCUT2D eigenvalue weighted by Crippen LogP contribution is -2.32. The number of aryl methyl sites for hydroxylation is 1. The van der Waals surface area contributed by atoms with Crippen LogP contribution >= 0.6 is 11.3 Å². The molecule has 0 aliphatic heterocycles. The highest BCUT2D eigenvalue weighted by molar-refractivity contribution is 7.12. The standard InChI is InChI=1S/C17H19NO2S/c1-12-9-10-21-16(12)17(19)18(14-5-6-14)11-13-3-7-15(20-2)8-4-13/h3-4,7-10,14H,5-6,11H2,1-2H3. The summed E-state index contributed by atoms with van der Waals surface area (Å²) in [6, 6.07) is 10.4. The Morgan fingerprint density at radius 2 is 2.00 bits per heavy atom. The van der Waals surface area contributed by atoms with Crippen molar-refractivity contribution in [2.75, 3.05) is 7.11 Å². The SMILES string of the molecule is COc1ccc(CN(C(=O)c2sccc2C)C2CC2)cc1. The van der Waals surface area contributed by atoms with E-state index in [1.165, 1.54) is 11.3 Å². The van der Waals surface area contributed by atoms with E-state index in [-0.39, 0.29) is 5.91 Å². The van der Waals surface area contributed by atoms with Gasteiger partial charge in [0, 0.05) is 12.6 Å². The zero-order chi connectivity index (χ0) is 14.8. The van der Waals surface area contributed by atoms with Crippen molar-refractivity contribution in [3.05, 3.63) is 51.7 Å². The van der Waals surface area contributed by atoms with E-state index in [4.69, 9.17) is 4.74 Å². The first kappa shape index (κ1) is 14.1. The van der Waals surface area contributed by atoms with E-state index in [0.29, 0.717) is 12.6 Å². The van der Waals surface area contributed by atoms with E-state index in [1.807, 2.05) is 47.5 Å². The highest BCUT2D eigenvalue weighted by Gasteiger charge is 2.33. The van der Waals surface area contributed by atoms with Crippen LogP contribution in [-0.4, -0.2) is 24.0 Å². The molecule has 1 aromatic heterocycles. The number of carbonyl (C=O) groups is 1. The average Bonchev–Trinajstić information content (AvgIpc) is 3.26. The maximum absolute atomic E-state index is 12.7. The summed E-state index contributed by atoms with van der Waals surface area (Å²) in [5, 5.41) is 1.99. The number of hydrogen-bond acceptors (Lipinski definition) is 3. The van der Waals surface area contributed by atoms with E-state index in [9.17, 15) is 4.79 Å². The van der Waals surface area contributed by atoms with E-state index in [1.54, 1.807) is 7.11 Å². The van der Waals surface area contributed by atoms with Crippen molar-refractivity contribution in [3.8, 4) is 5.75 Å². The Labute approximate surface area is 129 Å². The minimum atomic E-state index is 0.167. The number of benzene rings is 1. The minimum absolute atomic E-state index is 0.167. The molecule has 0 N–H and O–H groups in total. The summed E-state index contributed by atoms with van der Waals surface area (Å²) in [6.07, 6.45) is 2.23. The van der Waals surface area contributed by atoms with Crippen LogP contribution in [0.15, 0.2) is 35.7 Å². The average molecular weight is 301 g/mol. The van der Waals surface area contributed by atoms with Crippen LogP contribution in [0.4, 0.5) is 0 Å². The van der Waals surface area contributed by atoms with Crippen LogP contribution in [0.2, 0.25) is 0 Å². The molecule has 21 heavy (non-hydrogen) atoms. The van der Waals surface area contributed by atoms with Gasteiger partial charge in [-0.1, -0.05) is 12.1 Å². The first-order valence-corrected chi connectivity index (χ1v) is 8.05. The molecule has 1 fully saturated rings. The Hall–Kier alpha value is -1.81. The van der Waals surface area contributed by atoms with E-state index in [0.717, 1.165) is 34.6 Å². The van der Waals surface area contributed by atoms with Crippen LogP contribution in [0.1, 0.15) is 33.6 Å². The van der Waals surface area contributed by atoms with Gasteiger partial charge >= 0.3 is 0 Å². The maximum Gasteiger partial charge on any atom is 0.264 e. The Bertz CT molecular complexity index is 628. The molecule has 0 saturated heterocycles. The van der Waals surface area contributed by atoms with Gasteiger partial charge in [0.05, 0.1) is 12.0 Å². The van der Waals surface area contributed by atoms with Crippen LogP contribution in [0, 0.1) is 6.92 Å². The summed E-state index contributed by atoms with van der Waals surface area (Å²) in [5.74, 6) is 1.01. The molecule has 2 aromatic rings. The molecule has 0 unspecified atom stereocenters. The molecule has 1 aromatic carbocycles. The fraction of sp³-hybridized carbons (Fsp3) is 0.353. The molecular weight excluding hydrogens is 282 g/mol. The molecule has 0 atom stereocenters. The molecule has 0 bridgehead atoms. The molecule has 3 rings (SSSR count). The molecule has 3 nitrogen and oxygen atoms in total. The monoisotopic (exact) mass is 301 g/mol. The minimum Gasteiger partial charge on any atom is -0.497 e. The van der Waals surface area contributed by atoms with Gasteiger partial charge in [0.25, 0.3) is 5.91 Å². The third kappa shape index (κ3) is 3.10. The number of carbonyl (C=O) groups excluding carboxylic acids is 1. The second-order valence-electron chi connectivity index (χ2n) is 5.45. The Balaban J connectivity index is 1.78. The second kappa shape index (κ2) is 5.90. The number of methoxy groups -OCH3 is 1. The second-order valence-corrected chi connectivity index (χ2v) is 6.36. The fourth-order valence-electron chi connectivity index (χ4n) is 2.40. The lowest BCUT2D eigenvalue weighted by atomic mass is 10.2. The van der Waals surface area contributed by atoms with Crippen molar-refractivity contribution < 1.29 is 9.53 Å². The number of nitrogens with zero attached hydrogens (tertiary/aromatic N) is 1. The third-order valence-corrected chi connectivity index (χ3v) is 4.82. The first-order valence-electron chi connectivity index (χ1n) is 7.17. The third-order valence-electron chi connectivity index (χ3n) is 3.82. The lowest BCUT2D eigenvalue weighted by molar-refractivity contribution is 0.0734. The molecule has 4 heteroatoms. The van der Waals surface area contributed by atoms with Gasteiger partial charge in [-0.05, 0) is 54.5 Å². The van der Waals surface area contributed by atoms with Crippen molar-refractivity contribution in [1.82, 2.24) is 4.90 Å². The van der Waals surface area contributed by atoms with E-state index >= 15 is 0 Å². The summed E-state index contributed by atoms with van der Waals surface area (Å²) < 4.78 is 5.18. The number of ether oxygens (including phenoxy) is 1. The van der Waals surface area contributed by atoms with Crippen molar-refractivity contribution in [1.29, 1.82) is 0 Å². The quantitative estimate of drug-likeness (QED) is 0.839. The summed E-state index contributed by atoms with van der Waals surface area (Å²) in [7, 11) is 1.66. The number of amides is 1. The Morgan fingerprint density at radius 1 is 1.29 bits per heavy atom. The van der Waals surface area contributed by atoms with Gasteiger partial charge in [0.2, 0.25) is 0 Å². The zero-order valence-corrected chi connectivity index (χ0v) is 13.2. The highest BCUT2D eigenvalue weighted by atomic mass is 32.1. The van der Waals surface area contributed by atoms with Crippen molar-refractivity contribution in [3.63, 3.8) is 0 Å². The Kier molecular flexibility index (Phi) is 3.97. The van der Waals surface area contributed by atoms with Gasteiger partial charge in [-0.15, -0.1) is 11.3 Å². The maximum atomic E-state index is 12.7. The van der Waals surface area contributed by atoms with Gasteiger partial charge < -0.3 is 9.64 Å². The molecule has 110 valence electrons. The van der Waals surface area contributed by atoms with Gasteiger partial charge in [0.1, 0.15) is 5.75 Å². The van der Waals surface area contributed by atoms with Crippen molar-refractivity contribution in [2.45, 2.75) is 32.4 Å². The topological polar surface area (TPSA) is 29.5 Å². The zero-order valence-electron chi connectivity index (χ0n) is 12.3. The van der Waals surface area contributed by atoms with Crippen LogP contribution < -0.4 is 4.74 Å². The van der Waals surface area contributed by atoms with Crippen LogP contribution in [0.5, 0.6) is 5.75 Å². The molecular formula is C17H19NO2S. The van der Waals surface area contributed by atoms with Gasteiger partial charge in [-0.2, -0.15) is 0 Å². The van der Waals surface area contributed by atoms with Crippen molar-refractivity contribution in [2.24, 2.45) is 0 Å². The first-order chi connectivity index (χ1) is 10.2. The fourth-order valence-corrected chi connectivity index (χ4v) is 3.28. The molecule has 1 aliphatic carbocycles. The number of thiophene rings is 1. The lowest BCUT2D eigenvalue weighted by Gasteiger charge is -2.22. The molecule has 1 heterocycles. The summed E-state index contributed by atoms with van der Waals surface area (Å²) in [4.78, 5) is 15.6. The molecule has 0 radical (unpaired) electrons. The summed E-state index contributed by atoms with van der Waals surface area (Å²) in [5.41, 5.74) is 2.22. The van der Waals surface area contributed by atoms with E-state index < -0.39 is 0 Å². The predicted octanol–water partition coefficient (Wildman–Crippen LogP) is 3.87. The van der Waals surface area contributed by atoms with Gasteiger partial charge in [0.15, 0.2) is 0 Å². The largest absolute Gasteiger partial charge is 0.497 e. The normalized spacial score (nSPS) is 14.0. The highest BCUT2D eigenvalue weighted by Crippen LogP contribution is 2.31. The van der Waals surface area contributed by atoms with Crippen LogP contribution in [0.3, 0.4) is 0 Å².